The van der Waals surface area contributed by atoms with Crippen LogP contribution in [0.2, 0.25) is 0 Å². The molecule has 4 atom stereocenters. The van der Waals surface area contributed by atoms with Gasteiger partial charge in [0.05, 0.1) is 23.0 Å². The van der Waals surface area contributed by atoms with Crippen molar-refractivity contribution < 1.29 is 9.59 Å². The molecule has 2 bridgehead atoms. The van der Waals surface area contributed by atoms with Gasteiger partial charge in [-0.25, -0.2) is 4.98 Å². The SMILES string of the molecule is CCc1nc2ccccc2n1C1C[C@H]2CC[C@@H](C1)N2CC[C@H](NC(=O)C1CN(C(C)=O)C1)c1ccccc1. The van der Waals surface area contributed by atoms with Gasteiger partial charge in [-0.1, -0.05) is 49.4 Å². The van der Waals surface area contributed by atoms with Gasteiger partial charge < -0.3 is 14.8 Å². The molecular formula is C31H39N5O2. The lowest BCUT2D eigenvalue weighted by atomic mass is 9.94. The van der Waals surface area contributed by atoms with Crippen molar-refractivity contribution in [3.8, 4) is 0 Å². The number of para-hydroxylation sites is 2. The van der Waals surface area contributed by atoms with Crippen LogP contribution in [0.5, 0.6) is 0 Å². The maximum absolute atomic E-state index is 13.0. The van der Waals surface area contributed by atoms with E-state index in [1.165, 1.54) is 24.2 Å². The van der Waals surface area contributed by atoms with Crippen LogP contribution in [0, 0.1) is 5.92 Å². The van der Waals surface area contributed by atoms with E-state index in [0.29, 0.717) is 31.2 Å². The Morgan fingerprint density at radius 3 is 2.34 bits per heavy atom. The third kappa shape index (κ3) is 4.73. The highest BCUT2D eigenvalue weighted by atomic mass is 16.2. The van der Waals surface area contributed by atoms with Gasteiger partial charge in [0, 0.05) is 51.1 Å². The van der Waals surface area contributed by atoms with Crippen LogP contribution in [0.15, 0.2) is 54.6 Å². The number of likely N-dealkylation sites (tertiary alicyclic amines) is 1. The van der Waals surface area contributed by atoms with Gasteiger partial charge in [0.15, 0.2) is 0 Å². The van der Waals surface area contributed by atoms with Gasteiger partial charge >= 0.3 is 0 Å². The number of carbonyl (C=O) groups excluding carboxylic acids is 2. The summed E-state index contributed by atoms with van der Waals surface area (Å²) in [5.41, 5.74) is 3.54. The second-order valence-electron chi connectivity index (χ2n) is 11.4. The first-order valence-corrected chi connectivity index (χ1v) is 14.3. The summed E-state index contributed by atoms with van der Waals surface area (Å²) in [6, 6.07) is 20.5. The lowest BCUT2D eigenvalue weighted by Crippen LogP contribution is -2.55. The molecule has 3 aromatic rings. The topological polar surface area (TPSA) is 70.5 Å². The Balaban J connectivity index is 1.13. The van der Waals surface area contributed by atoms with Gasteiger partial charge in [-0.3, -0.25) is 14.5 Å². The van der Waals surface area contributed by atoms with E-state index in [9.17, 15) is 9.59 Å². The van der Waals surface area contributed by atoms with Gasteiger partial charge in [0.2, 0.25) is 11.8 Å². The van der Waals surface area contributed by atoms with Crippen LogP contribution in [0.3, 0.4) is 0 Å². The van der Waals surface area contributed by atoms with Gasteiger partial charge in [0.1, 0.15) is 5.82 Å². The van der Waals surface area contributed by atoms with Crippen molar-refractivity contribution in [3.05, 3.63) is 66.0 Å². The first-order chi connectivity index (χ1) is 18.5. The minimum Gasteiger partial charge on any atom is -0.349 e. The summed E-state index contributed by atoms with van der Waals surface area (Å²) in [4.78, 5) is 34.0. The molecule has 200 valence electrons. The summed E-state index contributed by atoms with van der Waals surface area (Å²) in [6.07, 6.45) is 6.67. The second-order valence-corrected chi connectivity index (χ2v) is 11.4. The number of nitrogens with zero attached hydrogens (tertiary/aromatic N) is 4. The fourth-order valence-electron chi connectivity index (χ4n) is 7.05. The molecule has 4 heterocycles. The standard InChI is InChI=1S/C31H39N5O2/c1-3-30-32-28-11-7-8-12-29(28)36(30)26-17-24-13-14-25(18-26)35(24)16-15-27(22-9-5-4-6-10-22)33-31(38)23-19-34(20-23)21(2)37/h4-12,23-27H,3,13-20H2,1-2H3,(H,33,38)/t24-,25+,26?,27-/m0/s1. The molecule has 3 saturated heterocycles. The quantitative estimate of drug-likeness (QED) is 0.482. The molecule has 7 nitrogen and oxygen atoms in total. The summed E-state index contributed by atoms with van der Waals surface area (Å²) >= 11 is 0. The van der Waals surface area contributed by atoms with Gasteiger partial charge in [-0.2, -0.15) is 0 Å². The molecule has 1 unspecified atom stereocenters. The van der Waals surface area contributed by atoms with E-state index in [0.717, 1.165) is 43.3 Å². The lowest BCUT2D eigenvalue weighted by Gasteiger charge is -2.41. The molecule has 2 aromatic carbocycles. The molecule has 38 heavy (non-hydrogen) atoms. The Labute approximate surface area is 225 Å². The monoisotopic (exact) mass is 513 g/mol. The van der Waals surface area contributed by atoms with Crippen LogP contribution in [0.4, 0.5) is 0 Å². The Morgan fingerprint density at radius 2 is 1.66 bits per heavy atom. The van der Waals surface area contributed by atoms with Crippen LogP contribution >= 0.6 is 0 Å². The molecular weight excluding hydrogens is 474 g/mol. The van der Waals surface area contributed by atoms with E-state index >= 15 is 0 Å². The van der Waals surface area contributed by atoms with E-state index in [4.69, 9.17) is 4.98 Å². The summed E-state index contributed by atoms with van der Waals surface area (Å²) in [6.45, 7) is 5.82. The normalized spacial score (nSPS) is 24.4. The minimum absolute atomic E-state index is 0.0171. The maximum atomic E-state index is 13.0. The molecule has 0 aliphatic carbocycles. The zero-order valence-electron chi connectivity index (χ0n) is 22.6. The van der Waals surface area contributed by atoms with Crippen molar-refractivity contribution in [3.63, 3.8) is 0 Å². The van der Waals surface area contributed by atoms with Crippen molar-refractivity contribution in [2.75, 3.05) is 19.6 Å². The summed E-state index contributed by atoms with van der Waals surface area (Å²) in [5.74, 6) is 1.21. The number of amides is 2. The highest BCUT2D eigenvalue weighted by Crippen LogP contribution is 2.43. The van der Waals surface area contributed by atoms with E-state index in [2.05, 4.69) is 58.1 Å². The van der Waals surface area contributed by atoms with Crippen molar-refractivity contribution in [1.82, 2.24) is 24.7 Å². The fraction of sp³-hybridized carbons (Fsp3) is 0.516. The number of benzene rings is 2. The molecule has 3 fully saturated rings. The number of rotatable bonds is 8. The fourth-order valence-corrected chi connectivity index (χ4v) is 7.05. The zero-order valence-corrected chi connectivity index (χ0v) is 22.6. The molecule has 0 radical (unpaired) electrons. The van der Waals surface area contributed by atoms with Gasteiger partial charge in [-0.05, 0) is 49.8 Å². The third-order valence-electron chi connectivity index (χ3n) is 9.10. The predicted octanol–water partition coefficient (Wildman–Crippen LogP) is 4.49. The molecule has 1 N–H and O–H groups in total. The largest absolute Gasteiger partial charge is 0.349 e. The number of piperidine rings is 1. The number of hydrogen-bond acceptors (Lipinski definition) is 4. The number of fused-ring (bicyclic) bond motifs is 3. The smallest absolute Gasteiger partial charge is 0.227 e. The molecule has 3 aliphatic rings. The molecule has 7 heteroatoms. The molecule has 3 aliphatic heterocycles. The number of hydrogen-bond donors (Lipinski definition) is 1. The molecule has 1 aromatic heterocycles. The average molecular weight is 514 g/mol. The van der Waals surface area contributed by atoms with Crippen LogP contribution < -0.4 is 5.32 Å². The predicted molar refractivity (Wildman–Crippen MR) is 149 cm³/mol. The average Bonchev–Trinajstić information content (AvgIpc) is 3.38. The van der Waals surface area contributed by atoms with E-state index in [1.807, 2.05) is 18.2 Å². The molecule has 6 rings (SSSR count). The molecule has 0 spiro atoms. The summed E-state index contributed by atoms with van der Waals surface area (Å²) < 4.78 is 2.54. The Hall–Kier alpha value is -3.19. The van der Waals surface area contributed by atoms with Crippen LogP contribution in [0.1, 0.15) is 69.4 Å². The van der Waals surface area contributed by atoms with Gasteiger partial charge in [0.25, 0.3) is 0 Å². The zero-order chi connectivity index (χ0) is 26.2. The highest BCUT2D eigenvalue weighted by molar-refractivity contribution is 5.84. The van der Waals surface area contributed by atoms with Crippen molar-refractivity contribution in [2.24, 2.45) is 5.92 Å². The molecule has 2 amide bonds. The Kier molecular flexibility index (Phi) is 6.95. The third-order valence-corrected chi connectivity index (χ3v) is 9.10. The minimum atomic E-state index is -0.102. The highest BCUT2D eigenvalue weighted by Gasteiger charge is 2.42. The Morgan fingerprint density at radius 1 is 0.974 bits per heavy atom. The summed E-state index contributed by atoms with van der Waals surface area (Å²) in [5, 5.41) is 3.33. The maximum Gasteiger partial charge on any atom is 0.227 e. The molecule has 0 saturated carbocycles. The van der Waals surface area contributed by atoms with Crippen LogP contribution in [-0.2, 0) is 16.0 Å². The number of nitrogens with one attached hydrogen (secondary N) is 1. The second kappa shape index (κ2) is 10.5. The van der Waals surface area contributed by atoms with E-state index in [1.54, 1.807) is 11.8 Å². The number of aromatic nitrogens is 2. The first kappa shape index (κ1) is 25.1. The number of imidazole rings is 1. The first-order valence-electron chi connectivity index (χ1n) is 14.3. The van der Waals surface area contributed by atoms with Crippen molar-refractivity contribution >= 4 is 22.8 Å². The van der Waals surface area contributed by atoms with Crippen LogP contribution in [-0.4, -0.2) is 62.9 Å². The van der Waals surface area contributed by atoms with E-state index in [-0.39, 0.29) is 23.8 Å². The van der Waals surface area contributed by atoms with Crippen molar-refractivity contribution in [1.29, 1.82) is 0 Å². The lowest BCUT2D eigenvalue weighted by molar-refractivity contribution is -0.141. The number of carbonyl (C=O) groups is 2. The van der Waals surface area contributed by atoms with Crippen molar-refractivity contribution in [2.45, 2.75) is 76.5 Å². The van der Waals surface area contributed by atoms with Crippen LogP contribution in [0.25, 0.3) is 11.0 Å². The van der Waals surface area contributed by atoms with Gasteiger partial charge in [-0.15, -0.1) is 0 Å². The Bertz CT molecular complexity index is 1280. The van der Waals surface area contributed by atoms with E-state index < -0.39 is 0 Å². The number of aryl methyl sites for hydroxylation is 1. The summed E-state index contributed by atoms with van der Waals surface area (Å²) in [7, 11) is 0.